The number of rotatable bonds is 3. The highest BCUT2D eigenvalue weighted by Gasteiger charge is 1.97. The second-order valence-corrected chi connectivity index (χ2v) is 2.77. The highest BCUT2D eigenvalue weighted by molar-refractivity contribution is 5.81. The minimum atomic E-state index is 0.349. The van der Waals surface area contributed by atoms with Crippen LogP contribution in [0.5, 0.6) is 5.75 Å². The number of aliphatic imine (C=N–C) groups is 1. The Morgan fingerprint density at radius 2 is 2.15 bits per heavy atom. The molecule has 70 valence electrons. The second-order valence-electron chi connectivity index (χ2n) is 2.77. The Labute approximate surface area is 78.2 Å². The van der Waals surface area contributed by atoms with Gasteiger partial charge in [-0.05, 0) is 18.6 Å². The molecular weight excluding hydrogens is 164 g/mol. The Kier molecular flexibility index (Phi) is 3.31. The van der Waals surface area contributed by atoms with Gasteiger partial charge in [0.15, 0.2) is 0 Å². The van der Waals surface area contributed by atoms with E-state index in [0.29, 0.717) is 12.4 Å². The summed E-state index contributed by atoms with van der Waals surface area (Å²) in [6.07, 6.45) is 0. The lowest BCUT2D eigenvalue weighted by molar-refractivity contribution is 0.372. The Bertz CT molecular complexity index is 308. The van der Waals surface area contributed by atoms with Crippen LogP contribution in [0.2, 0.25) is 0 Å². The van der Waals surface area contributed by atoms with Gasteiger partial charge in [0.2, 0.25) is 0 Å². The minimum Gasteiger partial charge on any atom is -0.485 e. The molecule has 0 atom stereocenters. The molecule has 0 aliphatic heterocycles. The third kappa shape index (κ3) is 2.78. The molecule has 2 N–H and O–H groups in total. The molecule has 0 radical (unpaired) electrons. The van der Waals surface area contributed by atoms with Crippen molar-refractivity contribution >= 4 is 5.84 Å². The van der Waals surface area contributed by atoms with Gasteiger partial charge in [0.25, 0.3) is 0 Å². The van der Waals surface area contributed by atoms with Gasteiger partial charge in [0.1, 0.15) is 18.2 Å². The smallest absolute Gasteiger partial charge is 0.145 e. The third-order valence-electron chi connectivity index (χ3n) is 1.76. The Balaban J connectivity index is 2.60. The van der Waals surface area contributed by atoms with E-state index in [1.165, 1.54) is 0 Å². The lowest BCUT2D eigenvalue weighted by atomic mass is 10.2. The van der Waals surface area contributed by atoms with Crippen LogP contribution >= 0.6 is 0 Å². The lowest BCUT2D eigenvalue weighted by Gasteiger charge is -2.07. The van der Waals surface area contributed by atoms with Crippen molar-refractivity contribution in [2.45, 2.75) is 6.92 Å². The highest BCUT2D eigenvalue weighted by atomic mass is 16.5. The number of ether oxygens (including phenoxy) is 1. The normalized spacial score (nSPS) is 11.4. The summed E-state index contributed by atoms with van der Waals surface area (Å²) < 4.78 is 5.43. The van der Waals surface area contributed by atoms with Crippen molar-refractivity contribution in [3.8, 4) is 5.75 Å². The van der Waals surface area contributed by atoms with Crippen LogP contribution < -0.4 is 10.5 Å². The Hall–Kier alpha value is -1.51. The van der Waals surface area contributed by atoms with Crippen molar-refractivity contribution in [1.29, 1.82) is 0 Å². The molecule has 0 aliphatic rings. The molecule has 1 aromatic carbocycles. The highest BCUT2D eigenvalue weighted by Crippen LogP contribution is 2.15. The molecule has 1 rings (SSSR count). The van der Waals surface area contributed by atoms with E-state index in [4.69, 9.17) is 10.5 Å². The number of hydrogen-bond acceptors (Lipinski definition) is 2. The molecule has 0 aliphatic carbocycles. The third-order valence-corrected chi connectivity index (χ3v) is 1.76. The molecule has 0 amide bonds. The number of hydrogen-bond donors (Lipinski definition) is 1. The fraction of sp³-hybridized carbons (Fsp3) is 0.300. The maximum absolute atomic E-state index is 5.50. The van der Waals surface area contributed by atoms with Gasteiger partial charge in [-0.25, -0.2) is 0 Å². The van der Waals surface area contributed by atoms with Crippen LogP contribution in [-0.2, 0) is 0 Å². The first kappa shape index (κ1) is 9.58. The van der Waals surface area contributed by atoms with Gasteiger partial charge < -0.3 is 10.5 Å². The molecule has 0 spiro atoms. The number of nitrogens with two attached hydrogens (primary N) is 1. The summed E-state index contributed by atoms with van der Waals surface area (Å²) in [5, 5.41) is 0. The first-order chi connectivity index (χ1) is 6.24. The van der Waals surface area contributed by atoms with Crippen LogP contribution in [0.1, 0.15) is 5.56 Å². The Morgan fingerprint density at radius 1 is 1.46 bits per heavy atom. The molecule has 1 aromatic rings. The zero-order valence-electron chi connectivity index (χ0n) is 7.95. The predicted octanol–water partition coefficient (Wildman–Crippen LogP) is 1.36. The van der Waals surface area contributed by atoms with Crippen LogP contribution in [-0.4, -0.2) is 19.5 Å². The average Bonchev–Trinajstić information content (AvgIpc) is 2.16. The van der Waals surface area contributed by atoms with E-state index in [9.17, 15) is 0 Å². The number of aryl methyl sites for hydroxylation is 1. The van der Waals surface area contributed by atoms with Crippen LogP contribution in [0.25, 0.3) is 0 Å². The molecule has 13 heavy (non-hydrogen) atoms. The van der Waals surface area contributed by atoms with Crippen molar-refractivity contribution in [3.63, 3.8) is 0 Å². The van der Waals surface area contributed by atoms with Crippen molar-refractivity contribution in [2.24, 2.45) is 10.7 Å². The zero-order valence-corrected chi connectivity index (χ0v) is 7.95. The molecule has 3 nitrogen and oxygen atoms in total. The summed E-state index contributed by atoms with van der Waals surface area (Å²) >= 11 is 0. The summed E-state index contributed by atoms with van der Waals surface area (Å²) in [5.41, 5.74) is 6.60. The lowest BCUT2D eigenvalue weighted by Crippen LogP contribution is -2.20. The summed E-state index contributed by atoms with van der Waals surface area (Å²) in [4.78, 5) is 3.80. The maximum atomic E-state index is 5.50. The van der Waals surface area contributed by atoms with E-state index in [2.05, 4.69) is 4.99 Å². The second kappa shape index (κ2) is 4.50. The van der Waals surface area contributed by atoms with Gasteiger partial charge in [-0.15, -0.1) is 0 Å². The molecular formula is C10H14N2O. The van der Waals surface area contributed by atoms with Gasteiger partial charge in [0, 0.05) is 7.05 Å². The molecule has 0 unspecified atom stereocenters. The quantitative estimate of drug-likeness (QED) is 0.561. The minimum absolute atomic E-state index is 0.349. The number of benzene rings is 1. The summed E-state index contributed by atoms with van der Waals surface area (Å²) in [5.74, 6) is 1.36. The van der Waals surface area contributed by atoms with Crippen LogP contribution in [0.4, 0.5) is 0 Å². The predicted molar refractivity (Wildman–Crippen MR) is 54.2 cm³/mol. The van der Waals surface area contributed by atoms with Crippen LogP contribution in [0, 0.1) is 6.92 Å². The SMILES string of the molecule is CN=C(N)COc1ccccc1C. The van der Waals surface area contributed by atoms with E-state index in [0.717, 1.165) is 11.3 Å². The van der Waals surface area contributed by atoms with Crippen molar-refractivity contribution in [1.82, 2.24) is 0 Å². The molecule has 0 saturated carbocycles. The number of nitrogens with zero attached hydrogens (tertiary/aromatic N) is 1. The average molecular weight is 178 g/mol. The van der Waals surface area contributed by atoms with Gasteiger partial charge in [-0.1, -0.05) is 18.2 Å². The number of para-hydroxylation sites is 1. The molecule has 0 aromatic heterocycles. The number of amidine groups is 1. The van der Waals surface area contributed by atoms with Gasteiger partial charge in [-0.2, -0.15) is 0 Å². The van der Waals surface area contributed by atoms with E-state index in [1.807, 2.05) is 31.2 Å². The van der Waals surface area contributed by atoms with Crippen LogP contribution in [0.15, 0.2) is 29.3 Å². The topological polar surface area (TPSA) is 47.6 Å². The van der Waals surface area contributed by atoms with Gasteiger partial charge >= 0.3 is 0 Å². The van der Waals surface area contributed by atoms with Crippen molar-refractivity contribution in [3.05, 3.63) is 29.8 Å². The summed E-state index contributed by atoms with van der Waals surface area (Å²) in [7, 11) is 1.65. The molecule has 0 bridgehead atoms. The Morgan fingerprint density at radius 3 is 2.77 bits per heavy atom. The molecule has 3 heteroatoms. The standard InChI is InChI=1S/C10H14N2O/c1-8-5-3-4-6-9(8)13-7-10(11)12-2/h3-6H,7H2,1-2H3,(H2,11,12). The first-order valence-electron chi connectivity index (χ1n) is 4.13. The van der Waals surface area contributed by atoms with Crippen molar-refractivity contribution in [2.75, 3.05) is 13.7 Å². The molecule has 0 heterocycles. The molecule has 0 fully saturated rings. The first-order valence-corrected chi connectivity index (χ1v) is 4.13. The van der Waals surface area contributed by atoms with Gasteiger partial charge in [0.05, 0.1) is 0 Å². The summed E-state index contributed by atoms with van der Waals surface area (Å²) in [6.45, 7) is 2.34. The largest absolute Gasteiger partial charge is 0.485 e. The van der Waals surface area contributed by atoms with Gasteiger partial charge in [-0.3, -0.25) is 4.99 Å². The van der Waals surface area contributed by atoms with E-state index in [-0.39, 0.29) is 0 Å². The monoisotopic (exact) mass is 178 g/mol. The maximum Gasteiger partial charge on any atom is 0.145 e. The van der Waals surface area contributed by atoms with E-state index >= 15 is 0 Å². The fourth-order valence-corrected chi connectivity index (χ4v) is 0.935. The zero-order chi connectivity index (χ0) is 9.68. The van der Waals surface area contributed by atoms with Crippen LogP contribution in [0.3, 0.4) is 0 Å². The van der Waals surface area contributed by atoms with E-state index in [1.54, 1.807) is 7.05 Å². The summed E-state index contributed by atoms with van der Waals surface area (Å²) in [6, 6.07) is 7.81. The molecule has 0 saturated heterocycles. The van der Waals surface area contributed by atoms with Crippen molar-refractivity contribution < 1.29 is 4.74 Å². The fourth-order valence-electron chi connectivity index (χ4n) is 0.935. The van der Waals surface area contributed by atoms with E-state index < -0.39 is 0 Å².